The molecule has 2 rings (SSSR count). The Labute approximate surface area is 148 Å². The van der Waals surface area contributed by atoms with Gasteiger partial charge in [-0.3, -0.25) is 5.01 Å². The minimum absolute atomic E-state index is 0.216. The lowest BCUT2D eigenvalue weighted by Gasteiger charge is -2.21. The van der Waals surface area contributed by atoms with Crippen LogP contribution in [0.1, 0.15) is 34.1 Å². The zero-order valence-corrected chi connectivity index (χ0v) is 15.1. The molecule has 0 fully saturated rings. The summed E-state index contributed by atoms with van der Waals surface area (Å²) in [6, 6.07) is 8.87. The molecule has 1 aromatic carbocycles. The second-order valence-electron chi connectivity index (χ2n) is 6.67. The number of ether oxygens (including phenoxy) is 2. The number of para-hydroxylation sites is 1. The van der Waals surface area contributed by atoms with Crippen molar-refractivity contribution >= 4 is 23.5 Å². The van der Waals surface area contributed by atoms with Crippen LogP contribution >= 0.6 is 0 Å². The van der Waals surface area contributed by atoms with Crippen molar-refractivity contribution in [3.63, 3.8) is 0 Å². The highest BCUT2D eigenvalue weighted by molar-refractivity contribution is 5.98. The Morgan fingerprint density at radius 3 is 2.56 bits per heavy atom. The normalized spacial score (nSPS) is 17.0. The Morgan fingerprint density at radius 2 is 1.96 bits per heavy atom. The molecule has 0 aromatic heterocycles. The zero-order chi connectivity index (χ0) is 18.4. The molecular formula is C18H25N3O4. The third-order valence-electron chi connectivity index (χ3n) is 3.39. The van der Waals surface area contributed by atoms with E-state index in [1.807, 2.05) is 30.3 Å². The fraction of sp³-hybridized carbons (Fsp3) is 0.500. The Kier molecular flexibility index (Phi) is 6.01. The molecule has 1 heterocycles. The summed E-state index contributed by atoms with van der Waals surface area (Å²) in [5.74, 6) is -0.331. The van der Waals surface area contributed by atoms with Gasteiger partial charge in [-0.1, -0.05) is 18.2 Å². The standard InChI is InChI=1S/C18H25N3O4/c1-5-24-16(22)15-11-13(12-19-17(23)25-18(2,3)4)20-21(15)14-9-7-6-8-10-14/h6-10,15H,5,11-12H2,1-4H3,(H,19,23). The lowest BCUT2D eigenvalue weighted by molar-refractivity contribution is -0.144. The smallest absolute Gasteiger partial charge is 0.407 e. The first-order valence-corrected chi connectivity index (χ1v) is 8.34. The van der Waals surface area contributed by atoms with Crippen LogP contribution < -0.4 is 10.3 Å². The van der Waals surface area contributed by atoms with Crippen molar-refractivity contribution in [2.75, 3.05) is 18.2 Å². The van der Waals surface area contributed by atoms with Gasteiger partial charge < -0.3 is 14.8 Å². The largest absolute Gasteiger partial charge is 0.464 e. The molecule has 1 aromatic rings. The summed E-state index contributed by atoms with van der Waals surface area (Å²) in [5, 5.41) is 8.81. The highest BCUT2D eigenvalue weighted by Crippen LogP contribution is 2.25. The molecule has 1 N–H and O–H groups in total. The third-order valence-corrected chi connectivity index (χ3v) is 3.39. The van der Waals surface area contributed by atoms with Crippen molar-refractivity contribution in [1.82, 2.24) is 5.32 Å². The lowest BCUT2D eigenvalue weighted by atomic mass is 10.1. The maximum Gasteiger partial charge on any atom is 0.407 e. The van der Waals surface area contributed by atoms with E-state index in [1.165, 1.54) is 0 Å². The van der Waals surface area contributed by atoms with Gasteiger partial charge in [-0.15, -0.1) is 0 Å². The molecule has 0 saturated heterocycles. The van der Waals surface area contributed by atoms with Gasteiger partial charge in [0, 0.05) is 6.42 Å². The summed E-state index contributed by atoms with van der Waals surface area (Å²) in [6.45, 7) is 7.69. The van der Waals surface area contributed by atoms with Gasteiger partial charge >= 0.3 is 12.1 Å². The number of esters is 1. The van der Waals surface area contributed by atoms with Crippen LogP contribution in [0.3, 0.4) is 0 Å². The van der Waals surface area contributed by atoms with Crippen LogP contribution in [0.4, 0.5) is 10.5 Å². The predicted octanol–water partition coefficient (Wildman–Crippen LogP) is 2.71. The maximum atomic E-state index is 12.3. The third kappa shape index (κ3) is 5.48. The molecule has 7 nitrogen and oxygen atoms in total. The molecule has 0 bridgehead atoms. The number of carbonyl (C=O) groups excluding carboxylic acids is 2. The number of alkyl carbamates (subject to hydrolysis) is 1. The molecule has 1 unspecified atom stereocenters. The van der Waals surface area contributed by atoms with Gasteiger partial charge in [-0.25, -0.2) is 9.59 Å². The number of rotatable bonds is 5. The van der Waals surface area contributed by atoms with E-state index in [1.54, 1.807) is 32.7 Å². The number of nitrogens with zero attached hydrogens (tertiary/aromatic N) is 2. The molecule has 0 aliphatic carbocycles. The second kappa shape index (κ2) is 8.00. The van der Waals surface area contributed by atoms with Crippen molar-refractivity contribution in [2.45, 2.75) is 45.8 Å². The SMILES string of the molecule is CCOC(=O)C1CC(CNC(=O)OC(C)(C)C)=NN1c1ccccc1. The van der Waals surface area contributed by atoms with Gasteiger partial charge in [-0.05, 0) is 39.8 Å². The molecule has 1 amide bonds. The monoisotopic (exact) mass is 347 g/mol. The molecule has 1 aliphatic rings. The topological polar surface area (TPSA) is 80.2 Å². The molecule has 25 heavy (non-hydrogen) atoms. The van der Waals surface area contributed by atoms with E-state index in [2.05, 4.69) is 10.4 Å². The van der Waals surface area contributed by atoms with Crippen molar-refractivity contribution in [1.29, 1.82) is 0 Å². The van der Waals surface area contributed by atoms with E-state index in [-0.39, 0.29) is 12.5 Å². The zero-order valence-electron chi connectivity index (χ0n) is 15.1. The summed E-state index contributed by atoms with van der Waals surface area (Å²) >= 11 is 0. The molecule has 7 heteroatoms. The number of nitrogens with one attached hydrogen (secondary N) is 1. The highest BCUT2D eigenvalue weighted by Gasteiger charge is 2.34. The Balaban J connectivity index is 2.06. The summed E-state index contributed by atoms with van der Waals surface area (Å²) < 4.78 is 10.4. The first kappa shape index (κ1) is 18.8. The minimum Gasteiger partial charge on any atom is -0.464 e. The van der Waals surface area contributed by atoms with Crippen LogP contribution in [0, 0.1) is 0 Å². The fourth-order valence-electron chi connectivity index (χ4n) is 2.41. The summed E-state index contributed by atoms with van der Waals surface area (Å²) in [4.78, 5) is 24.0. The lowest BCUT2D eigenvalue weighted by Crippen LogP contribution is -2.37. The van der Waals surface area contributed by atoms with Gasteiger partial charge in [0.1, 0.15) is 5.60 Å². The van der Waals surface area contributed by atoms with E-state index < -0.39 is 17.7 Å². The maximum absolute atomic E-state index is 12.3. The van der Waals surface area contributed by atoms with Crippen LogP contribution in [-0.4, -0.2) is 42.6 Å². The first-order valence-electron chi connectivity index (χ1n) is 8.34. The molecule has 136 valence electrons. The molecule has 0 saturated carbocycles. The number of carbonyl (C=O) groups is 2. The van der Waals surface area contributed by atoms with Crippen molar-refractivity contribution in [2.24, 2.45) is 5.10 Å². The van der Waals surface area contributed by atoms with Crippen LogP contribution in [0.25, 0.3) is 0 Å². The fourth-order valence-corrected chi connectivity index (χ4v) is 2.41. The van der Waals surface area contributed by atoms with Gasteiger partial charge in [0.25, 0.3) is 0 Å². The Morgan fingerprint density at radius 1 is 1.28 bits per heavy atom. The molecule has 1 atom stereocenters. The number of anilines is 1. The number of benzene rings is 1. The predicted molar refractivity (Wildman–Crippen MR) is 95.6 cm³/mol. The summed E-state index contributed by atoms with van der Waals surface area (Å²) in [5.41, 5.74) is 0.922. The van der Waals surface area contributed by atoms with Crippen LogP contribution in [0.5, 0.6) is 0 Å². The van der Waals surface area contributed by atoms with Crippen LogP contribution in [-0.2, 0) is 14.3 Å². The van der Waals surface area contributed by atoms with Crippen LogP contribution in [0.15, 0.2) is 35.4 Å². The minimum atomic E-state index is -0.564. The highest BCUT2D eigenvalue weighted by atomic mass is 16.6. The van der Waals surface area contributed by atoms with Crippen molar-refractivity contribution in [3.8, 4) is 0 Å². The molecule has 0 spiro atoms. The molecular weight excluding hydrogens is 322 g/mol. The Hall–Kier alpha value is -2.57. The van der Waals surface area contributed by atoms with Gasteiger partial charge in [0.15, 0.2) is 6.04 Å². The van der Waals surface area contributed by atoms with E-state index in [0.717, 1.165) is 5.69 Å². The average molecular weight is 347 g/mol. The van der Waals surface area contributed by atoms with E-state index in [4.69, 9.17) is 9.47 Å². The van der Waals surface area contributed by atoms with Gasteiger partial charge in [0.2, 0.25) is 0 Å². The van der Waals surface area contributed by atoms with Gasteiger partial charge in [0.05, 0.1) is 24.6 Å². The summed E-state index contributed by atoms with van der Waals surface area (Å²) in [7, 11) is 0. The molecule has 1 aliphatic heterocycles. The van der Waals surface area contributed by atoms with Crippen molar-refractivity contribution < 1.29 is 19.1 Å². The number of hydrazone groups is 1. The number of hydrogen-bond acceptors (Lipinski definition) is 6. The van der Waals surface area contributed by atoms with Crippen LogP contribution in [0.2, 0.25) is 0 Å². The van der Waals surface area contributed by atoms with Crippen molar-refractivity contribution in [3.05, 3.63) is 30.3 Å². The molecule has 0 radical (unpaired) electrons. The van der Waals surface area contributed by atoms with Gasteiger partial charge in [-0.2, -0.15) is 5.10 Å². The first-order chi connectivity index (χ1) is 11.8. The summed E-state index contributed by atoms with van der Waals surface area (Å²) in [6.07, 6.45) is -0.121. The quantitative estimate of drug-likeness (QED) is 0.829. The van der Waals surface area contributed by atoms with E-state index >= 15 is 0 Å². The number of hydrogen-bond donors (Lipinski definition) is 1. The number of amides is 1. The Bertz CT molecular complexity index is 637. The van der Waals surface area contributed by atoms with E-state index in [0.29, 0.717) is 18.7 Å². The van der Waals surface area contributed by atoms with E-state index in [9.17, 15) is 9.59 Å². The second-order valence-corrected chi connectivity index (χ2v) is 6.67. The average Bonchev–Trinajstić information content (AvgIpc) is 2.97.